The minimum absolute atomic E-state index is 0.0590. The second-order valence-electron chi connectivity index (χ2n) is 5.83. The van der Waals surface area contributed by atoms with E-state index in [1.807, 2.05) is 18.2 Å². The molecule has 5 rings (SSSR count). The van der Waals surface area contributed by atoms with Crippen LogP contribution in [0.4, 0.5) is 0 Å². The van der Waals surface area contributed by atoms with Crippen LogP contribution in [0.5, 0.6) is 0 Å². The van der Waals surface area contributed by atoms with E-state index in [4.69, 9.17) is 4.52 Å². The fourth-order valence-electron chi connectivity index (χ4n) is 3.55. The lowest BCUT2D eigenvalue weighted by Gasteiger charge is -2.03. The number of pyridine rings is 1. The third kappa shape index (κ3) is 1.20. The zero-order valence-electron chi connectivity index (χ0n) is 12.2. The van der Waals surface area contributed by atoms with Gasteiger partial charge in [0.1, 0.15) is 24.5 Å². The first-order chi connectivity index (χ1) is 10.7. The summed E-state index contributed by atoms with van der Waals surface area (Å²) in [6.45, 7) is 1.79. The summed E-state index contributed by atoms with van der Waals surface area (Å²) < 4.78 is 7.08. The maximum atomic E-state index is 13.0. The number of nitrogens with zero attached hydrogens (tertiary/aromatic N) is 2. The van der Waals surface area contributed by atoms with E-state index in [2.05, 4.69) is 31.2 Å². The van der Waals surface area contributed by atoms with Crippen LogP contribution in [0.3, 0.4) is 0 Å². The summed E-state index contributed by atoms with van der Waals surface area (Å²) in [5.41, 5.74) is 3.60. The predicted molar refractivity (Wildman–Crippen MR) is 90.3 cm³/mol. The first-order valence-corrected chi connectivity index (χ1v) is 7.22. The van der Waals surface area contributed by atoms with Gasteiger partial charge in [-0.25, -0.2) is 0 Å². The highest BCUT2D eigenvalue weighted by molar-refractivity contribution is 6.36. The third-order valence-electron chi connectivity index (χ3n) is 4.45. The van der Waals surface area contributed by atoms with Gasteiger partial charge in [-0.2, -0.15) is 0 Å². The molecular weight excluding hydrogens is 275 g/mol. The van der Waals surface area contributed by atoms with Crippen LogP contribution >= 0.6 is 0 Å². The maximum absolute atomic E-state index is 13.0. The van der Waals surface area contributed by atoms with Crippen LogP contribution in [0.15, 0.2) is 45.7 Å². The van der Waals surface area contributed by atoms with Crippen LogP contribution in [-0.4, -0.2) is 17.4 Å². The summed E-state index contributed by atoms with van der Waals surface area (Å²) >= 11 is 0. The van der Waals surface area contributed by atoms with Crippen LogP contribution in [0.1, 0.15) is 5.76 Å². The molecule has 3 aromatic heterocycles. The van der Waals surface area contributed by atoms with E-state index in [1.165, 1.54) is 0 Å². The zero-order valence-corrected chi connectivity index (χ0v) is 12.2. The van der Waals surface area contributed by atoms with E-state index in [0.29, 0.717) is 16.7 Å². The van der Waals surface area contributed by atoms with Crippen LogP contribution in [0, 0.1) is 6.92 Å². The molecule has 0 fully saturated rings. The number of aromatic nitrogens is 2. The average molecular weight is 286 g/mol. The molecule has 0 aliphatic heterocycles. The zero-order chi connectivity index (χ0) is 15.0. The Hall–Kier alpha value is -2.82. The van der Waals surface area contributed by atoms with Gasteiger partial charge in [0, 0.05) is 16.2 Å². The van der Waals surface area contributed by atoms with Gasteiger partial charge >= 0.3 is 0 Å². The van der Waals surface area contributed by atoms with E-state index in [0.717, 1.165) is 32.7 Å². The number of aryl methyl sites for hydroxylation is 1. The third-order valence-corrected chi connectivity index (χ3v) is 4.45. The van der Waals surface area contributed by atoms with Crippen molar-refractivity contribution in [1.82, 2.24) is 9.56 Å². The molecule has 0 radical (unpaired) electrons. The van der Waals surface area contributed by atoms with Crippen LogP contribution in [0.2, 0.25) is 0 Å². The minimum atomic E-state index is -0.0590. The normalized spacial score (nSPS) is 12.2. The molecule has 0 saturated carbocycles. The minimum Gasteiger partial charge on any atom is -0.360 e. The molecular formula is C17H11BN2O2. The van der Waals surface area contributed by atoms with Crippen molar-refractivity contribution in [3.63, 3.8) is 0 Å². The van der Waals surface area contributed by atoms with Crippen molar-refractivity contribution in [2.24, 2.45) is 0 Å². The number of hydrogen-bond acceptors (Lipinski definition) is 3. The number of para-hydroxylation sites is 1. The Labute approximate surface area is 125 Å². The molecule has 0 atom stereocenters. The Bertz CT molecular complexity index is 1270. The first kappa shape index (κ1) is 11.8. The Morgan fingerprint density at radius 2 is 1.91 bits per heavy atom. The number of rotatable bonds is 0. The summed E-state index contributed by atoms with van der Waals surface area (Å²) in [4.78, 5) is 13.0. The molecule has 5 heteroatoms. The highest BCUT2D eigenvalue weighted by atomic mass is 16.5. The summed E-state index contributed by atoms with van der Waals surface area (Å²) in [5.74, 6) is 0.568. The molecule has 3 heterocycles. The molecule has 0 aliphatic carbocycles. The second-order valence-corrected chi connectivity index (χ2v) is 5.83. The van der Waals surface area contributed by atoms with E-state index in [1.54, 1.807) is 11.3 Å². The van der Waals surface area contributed by atoms with Gasteiger partial charge < -0.3 is 4.52 Å². The molecule has 2 aromatic carbocycles. The Morgan fingerprint density at radius 3 is 2.77 bits per heavy atom. The maximum Gasteiger partial charge on any atom is 0.268 e. The highest BCUT2D eigenvalue weighted by Gasteiger charge is 2.20. The van der Waals surface area contributed by atoms with Gasteiger partial charge in [0.15, 0.2) is 0 Å². The molecule has 0 spiro atoms. The summed E-state index contributed by atoms with van der Waals surface area (Å²) in [5, 5.41) is 7.85. The van der Waals surface area contributed by atoms with E-state index in [9.17, 15) is 4.79 Å². The molecule has 0 amide bonds. The summed E-state index contributed by atoms with van der Waals surface area (Å²) in [6, 6.07) is 12.2. The van der Waals surface area contributed by atoms with Crippen LogP contribution in [0.25, 0.3) is 38.1 Å². The molecule has 0 unspecified atom stereocenters. The van der Waals surface area contributed by atoms with Crippen molar-refractivity contribution >= 4 is 51.4 Å². The van der Waals surface area contributed by atoms with E-state index < -0.39 is 0 Å². The molecule has 0 saturated heterocycles. The van der Waals surface area contributed by atoms with Crippen LogP contribution in [-0.2, 0) is 0 Å². The topological polar surface area (TPSA) is 47.5 Å². The van der Waals surface area contributed by atoms with Gasteiger partial charge in [0.2, 0.25) is 0 Å². The lowest BCUT2D eigenvalue weighted by molar-refractivity contribution is 0.406. The second kappa shape index (κ2) is 3.68. The van der Waals surface area contributed by atoms with Crippen molar-refractivity contribution in [2.75, 3.05) is 0 Å². The number of benzene rings is 2. The average Bonchev–Trinajstić information content (AvgIpc) is 3.05. The fourth-order valence-corrected chi connectivity index (χ4v) is 3.55. The molecule has 22 heavy (non-hydrogen) atoms. The smallest absolute Gasteiger partial charge is 0.268 e. The van der Waals surface area contributed by atoms with Crippen molar-refractivity contribution in [3.05, 3.63) is 52.5 Å². The lowest BCUT2D eigenvalue weighted by atomic mass is 9.92. The SMILES string of the molecule is Bc1cc2c3ccccc3n3c(=O)c4c(C)onc4c(c1)c23. The van der Waals surface area contributed by atoms with Gasteiger partial charge in [0.25, 0.3) is 5.56 Å². The van der Waals surface area contributed by atoms with Gasteiger partial charge in [0.05, 0.1) is 11.0 Å². The first-order valence-electron chi connectivity index (χ1n) is 7.22. The molecule has 4 nitrogen and oxygen atoms in total. The molecule has 0 aliphatic rings. The molecule has 0 N–H and O–H groups in total. The standard InChI is InChI=1S/C17H11BN2O2/c1-8-14-15(19-22-8)12-7-9(18)6-11-10-4-2-3-5-13(10)20(16(11)12)17(14)21/h2-7H,18H2,1H3. The van der Waals surface area contributed by atoms with Gasteiger partial charge in [-0.15, -0.1) is 0 Å². The summed E-state index contributed by atoms with van der Waals surface area (Å²) in [7, 11) is 2.06. The number of hydrogen-bond donors (Lipinski definition) is 0. The van der Waals surface area contributed by atoms with Crippen molar-refractivity contribution in [1.29, 1.82) is 0 Å². The van der Waals surface area contributed by atoms with Crippen molar-refractivity contribution in [3.8, 4) is 0 Å². The fraction of sp³-hybridized carbons (Fsp3) is 0.0588. The van der Waals surface area contributed by atoms with Crippen molar-refractivity contribution < 1.29 is 4.52 Å². The lowest BCUT2D eigenvalue weighted by Crippen LogP contribution is -2.14. The summed E-state index contributed by atoms with van der Waals surface area (Å²) in [6.07, 6.45) is 0. The highest BCUT2D eigenvalue weighted by Crippen LogP contribution is 2.33. The molecule has 5 aromatic rings. The molecule has 104 valence electrons. The largest absolute Gasteiger partial charge is 0.360 e. The van der Waals surface area contributed by atoms with Crippen molar-refractivity contribution in [2.45, 2.75) is 6.92 Å². The van der Waals surface area contributed by atoms with Gasteiger partial charge in [-0.3, -0.25) is 9.20 Å². The van der Waals surface area contributed by atoms with Crippen LogP contribution < -0.4 is 11.0 Å². The molecule has 0 bridgehead atoms. The quantitative estimate of drug-likeness (QED) is 0.407. The van der Waals surface area contributed by atoms with Gasteiger partial charge in [-0.05, 0) is 13.0 Å². The van der Waals surface area contributed by atoms with E-state index >= 15 is 0 Å². The predicted octanol–water partition coefficient (Wildman–Crippen LogP) is 1.75. The van der Waals surface area contributed by atoms with Gasteiger partial charge in [-0.1, -0.05) is 41.0 Å². The Morgan fingerprint density at radius 1 is 1.14 bits per heavy atom. The Kier molecular flexibility index (Phi) is 1.98. The number of fused-ring (bicyclic) bond motifs is 5. The Balaban J connectivity index is 2.33. The van der Waals surface area contributed by atoms with E-state index in [-0.39, 0.29) is 5.56 Å². The monoisotopic (exact) mass is 286 g/mol.